The van der Waals surface area contributed by atoms with Crippen molar-refractivity contribution in [3.63, 3.8) is 0 Å². The van der Waals surface area contributed by atoms with Crippen LogP contribution in [0, 0.1) is 5.92 Å². The van der Waals surface area contributed by atoms with Crippen LogP contribution in [0.5, 0.6) is 0 Å². The molecule has 6 heteroatoms. The fraction of sp³-hybridized carbons (Fsp3) is 0.857. The molecular formula is C14H27N3O3. The average molecular weight is 285 g/mol. The highest BCUT2D eigenvalue weighted by molar-refractivity contribution is 5.83. The summed E-state index contributed by atoms with van der Waals surface area (Å²) in [6.45, 7) is 5.64. The largest absolute Gasteiger partial charge is 0.381 e. The molecule has 6 nitrogen and oxygen atoms in total. The molecule has 1 heterocycles. The van der Waals surface area contributed by atoms with Gasteiger partial charge >= 0.3 is 0 Å². The summed E-state index contributed by atoms with van der Waals surface area (Å²) < 4.78 is 5.25. The second-order valence-electron chi connectivity index (χ2n) is 5.39. The van der Waals surface area contributed by atoms with Crippen LogP contribution in [-0.4, -0.2) is 43.7 Å². The minimum atomic E-state index is -0.503. The van der Waals surface area contributed by atoms with Crippen LogP contribution in [-0.2, 0) is 14.3 Å². The Morgan fingerprint density at radius 1 is 1.35 bits per heavy atom. The minimum Gasteiger partial charge on any atom is -0.381 e. The summed E-state index contributed by atoms with van der Waals surface area (Å²) >= 11 is 0. The van der Waals surface area contributed by atoms with Gasteiger partial charge in [0.05, 0.1) is 6.04 Å². The number of ether oxygens (including phenoxy) is 1. The maximum absolute atomic E-state index is 11.9. The maximum atomic E-state index is 11.9. The lowest BCUT2D eigenvalue weighted by Gasteiger charge is -2.26. The van der Waals surface area contributed by atoms with Crippen LogP contribution < -0.4 is 16.4 Å². The van der Waals surface area contributed by atoms with Crippen molar-refractivity contribution in [3.8, 4) is 0 Å². The lowest BCUT2D eigenvalue weighted by Crippen LogP contribution is -2.47. The number of carbonyl (C=O) groups excluding carboxylic acids is 2. The number of amides is 2. The van der Waals surface area contributed by atoms with E-state index in [0.717, 1.165) is 19.3 Å². The van der Waals surface area contributed by atoms with E-state index in [2.05, 4.69) is 10.6 Å². The molecule has 0 spiro atoms. The Morgan fingerprint density at radius 2 is 2.00 bits per heavy atom. The van der Waals surface area contributed by atoms with E-state index in [1.54, 1.807) is 0 Å². The zero-order chi connectivity index (χ0) is 15.0. The van der Waals surface area contributed by atoms with Crippen LogP contribution in [0.2, 0.25) is 0 Å². The summed E-state index contributed by atoms with van der Waals surface area (Å²) in [6, 6.07) is -0.334. The first kappa shape index (κ1) is 16.9. The third-order valence-corrected chi connectivity index (χ3v) is 3.75. The number of nitrogens with one attached hydrogen (secondary N) is 2. The van der Waals surface area contributed by atoms with E-state index >= 15 is 0 Å². The minimum absolute atomic E-state index is 0.0423. The molecule has 1 rings (SSSR count). The zero-order valence-corrected chi connectivity index (χ0v) is 12.5. The second kappa shape index (κ2) is 8.92. The second-order valence-corrected chi connectivity index (χ2v) is 5.39. The van der Waals surface area contributed by atoms with E-state index in [1.807, 2.05) is 13.8 Å². The summed E-state index contributed by atoms with van der Waals surface area (Å²) in [5.41, 5.74) is 5.94. The average Bonchev–Trinajstić information content (AvgIpc) is 2.47. The zero-order valence-electron chi connectivity index (χ0n) is 12.5. The van der Waals surface area contributed by atoms with Gasteiger partial charge in [0.1, 0.15) is 0 Å². The molecule has 0 aromatic heterocycles. The van der Waals surface area contributed by atoms with Crippen molar-refractivity contribution in [2.75, 3.05) is 19.8 Å². The number of nitrogens with two attached hydrogens (primary N) is 1. The first-order valence-electron chi connectivity index (χ1n) is 7.45. The van der Waals surface area contributed by atoms with Crippen molar-refractivity contribution >= 4 is 11.8 Å². The van der Waals surface area contributed by atoms with Gasteiger partial charge < -0.3 is 21.1 Å². The van der Waals surface area contributed by atoms with Gasteiger partial charge in [-0.2, -0.15) is 0 Å². The van der Waals surface area contributed by atoms with Crippen molar-refractivity contribution in [2.24, 2.45) is 11.7 Å². The SMILES string of the molecule is CCC(C)NC(=O)CCNC(=O)C(N)C1CCOCC1. The van der Waals surface area contributed by atoms with Crippen molar-refractivity contribution in [1.29, 1.82) is 0 Å². The molecule has 0 aromatic carbocycles. The highest BCUT2D eigenvalue weighted by Gasteiger charge is 2.26. The van der Waals surface area contributed by atoms with Crippen molar-refractivity contribution in [2.45, 2.75) is 51.6 Å². The molecule has 1 aliphatic heterocycles. The number of hydrogen-bond acceptors (Lipinski definition) is 4. The molecule has 1 fully saturated rings. The molecule has 0 radical (unpaired) electrons. The molecule has 0 aliphatic carbocycles. The van der Waals surface area contributed by atoms with E-state index in [1.165, 1.54) is 0 Å². The summed E-state index contributed by atoms with van der Waals surface area (Å²) in [5, 5.41) is 5.59. The van der Waals surface area contributed by atoms with Crippen LogP contribution in [0.15, 0.2) is 0 Å². The van der Waals surface area contributed by atoms with Gasteiger partial charge in [-0.25, -0.2) is 0 Å². The Kier molecular flexibility index (Phi) is 7.54. The molecular weight excluding hydrogens is 258 g/mol. The fourth-order valence-electron chi connectivity index (χ4n) is 2.16. The molecule has 2 unspecified atom stereocenters. The highest BCUT2D eigenvalue weighted by atomic mass is 16.5. The first-order chi connectivity index (χ1) is 9.54. The van der Waals surface area contributed by atoms with Crippen LogP contribution in [0.3, 0.4) is 0 Å². The van der Waals surface area contributed by atoms with Crippen molar-refractivity contribution in [1.82, 2.24) is 10.6 Å². The van der Waals surface area contributed by atoms with Crippen LogP contribution >= 0.6 is 0 Å². The summed E-state index contributed by atoms with van der Waals surface area (Å²) in [5.74, 6) is -0.0368. The molecule has 0 aromatic rings. The summed E-state index contributed by atoms with van der Waals surface area (Å²) in [4.78, 5) is 23.4. The quantitative estimate of drug-likeness (QED) is 0.621. The van der Waals surface area contributed by atoms with Crippen LogP contribution in [0.4, 0.5) is 0 Å². The van der Waals surface area contributed by atoms with Gasteiger partial charge in [-0.3, -0.25) is 9.59 Å². The highest BCUT2D eigenvalue weighted by Crippen LogP contribution is 2.17. The van der Waals surface area contributed by atoms with E-state index in [9.17, 15) is 9.59 Å². The van der Waals surface area contributed by atoms with Crippen LogP contribution in [0.25, 0.3) is 0 Å². The Balaban J connectivity index is 2.20. The molecule has 1 saturated heterocycles. The molecule has 4 N–H and O–H groups in total. The van der Waals surface area contributed by atoms with Crippen molar-refractivity contribution in [3.05, 3.63) is 0 Å². The van der Waals surface area contributed by atoms with Gasteiger partial charge in [-0.1, -0.05) is 6.92 Å². The molecule has 2 atom stereocenters. The Hall–Kier alpha value is -1.14. The predicted molar refractivity (Wildman–Crippen MR) is 77.0 cm³/mol. The molecule has 0 saturated carbocycles. The van der Waals surface area contributed by atoms with Gasteiger partial charge in [-0.15, -0.1) is 0 Å². The van der Waals surface area contributed by atoms with E-state index in [4.69, 9.17) is 10.5 Å². The molecule has 116 valence electrons. The normalized spacial score (nSPS) is 19.1. The smallest absolute Gasteiger partial charge is 0.237 e. The van der Waals surface area contributed by atoms with Gasteiger partial charge in [0.2, 0.25) is 11.8 Å². The van der Waals surface area contributed by atoms with Gasteiger partial charge in [0, 0.05) is 32.2 Å². The maximum Gasteiger partial charge on any atom is 0.237 e. The standard InChI is InChI=1S/C14H27N3O3/c1-3-10(2)17-12(18)4-7-16-14(19)13(15)11-5-8-20-9-6-11/h10-11,13H,3-9,15H2,1-2H3,(H,16,19)(H,17,18). The topological polar surface area (TPSA) is 93.5 Å². The summed E-state index contributed by atoms with van der Waals surface area (Å²) in [7, 11) is 0. The van der Waals surface area contributed by atoms with E-state index in [-0.39, 0.29) is 30.2 Å². The molecule has 20 heavy (non-hydrogen) atoms. The van der Waals surface area contributed by atoms with Crippen molar-refractivity contribution < 1.29 is 14.3 Å². The Bertz CT molecular complexity index is 317. The lowest BCUT2D eigenvalue weighted by molar-refractivity contribution is -0.124. The number of carbonyl (C=O) groups is 2. The number of hydrogen-bond donors (Lipinski definition) is 3. The first-order valence-corrected chi connectivity index (χ1v) is 7.45. The van der Waals surface area contributed by atoms with E-state index in [0.29, 0.717) is 19.8 Å². The Morgan fingerprint density at radius 3 is 2.60 bits per heavy atom. The Labute approximate surface area is 120 Å². The number of rotatable bonds is 7. The molecule has 0 bridgehead atoms. The summed E-state index contributed by atoms with van der Waals surface area (Å²) in [6.07, 6.45) is 2.83. The monoisotopic (exact) mass is 285 g/mol. The fourth-order valence-corrected chi connectivity index (χ4v) is 2.16. The predicted octanol–water partition coefficient (Wildman–Crippen LogP) is 0.161. The van der Waals surface area contributed by atoms with Crippen LogP contribution in [0.1, 0.15) is 39.5 Å². The molecule has 1 aliphatic rings. The molecule has 2 amide bonds. The lowest BCUT2D eigenvalue weighted by atomic mass is 9.92. The third kappa shape index (κ3) is 5.88. The van der Waals surface area contributed by atoms with Gasteiger partial charge in [0.25, 0.3) is 0 Å². The van der Waals surface area contributed by atoms with E-state index < -0.39 is 6.04 Å². The third-order valence-electron chi connectivity index (χ3n) is 3.75. The van der Waals surface area contributed by atoms with Gasteiger partial charge in [-0.05, 0) is 32.1 Å². The van der Waals surface area contributed by atoms with Gasteiger partial charge in [0.15, 0.2) is 0 Å².